The van der Waals surface area contributed by atoms with Gasteiger partial charge >= 0.3 is 0 Å². The zero-order valence-electron chi connectivity index (χ0n) is 14.3. The van der Waals surface area contributed by atoms with Crippen molar-refractivity contribution in [3.05, 3.63) is 83.9 Å². The van der Waals surface area contributed by atoms with Gasteiger partial charge in [0, 0.05) is 22.4 Å². The summed E-state index contributed by atoms with van der Waals surface area (Å²) in [4.78, 5) is 17.0. The molecule has 7 heteroatoms. The van der Waals surface area contributed by atoms with E-state index in [0.717, 1.165) is 5.56 Å². The maximum Gasteiger partial charge on any atom is 0.255 e. The molecule has 1 aromatic heterocycles. The smallest absolute Gasteiger partial charge is 0.255 e. The number of rotatable bonds is 3. The number of carbonyl (C=O) groups is 1. The molecule has 28 heavy (non-hydrogen) atoms. The van der Waals surface area contributed by atoms with E-state index in [4.69, 9.17) is 39.2 Å². The molecule has 1 heterocycles. The van der Waals surface area contributed by atoms with Crippen molar-refractivity contribution in [3.8, 4) is 11.5 Å². The summed E-state index contributed by atoms with van der Waals surface area (Å²) in [6.45, 7) is 0. The topological polar surface area (TPSA) is 55.1 Å². The summed E-state index contributed by atoms with van der Waals surface area (Å²) >= 11 is 17.5. The number of nitrogens with zero attached hydrogens (tertiary/aromatic N) is 1. The second-order valence-electron chi connectivity index (χ2n) is 6.10. The first-order chi connectivity index (χ1) is 13.4. The number of fused-ring (bicyclic) bond motifs is 1. The van der Waals surface area contributed by atoms with Gasteiger partial charge in [-0.15, -0.1) is 0 Å². The van der Waals surface area contributed by atoms with Gasteiger partial charge in [-0.25, -0.2) is 4.98 Å². The van der Waals surface area contributed by atoms with Gasteiger partial charge in [-0.05, 0) is 42.5 Å². The van der Waals surface area contributed by atoms with Gasteiger partial charge in [0.2, 0.25) is 9.68 Å². The number of hydrogen-bond acceptors (Lipinski definition) is 3. The van der Waals surface area contributed by atoms with Crippen molar-refractivity contribution in [2.45, 2.75) is 3.79 Å². The Morgan fingerprint density at radius 2 is 1.64 bits per heavy atom. The Labute approximate surface area is 176 Å². The highest BCUT2D eigenvalue weighted by Crippen LogP contribution is 2.38. The first-order valence-electron chi connectivity index (χ1n) is 8.35. The average Bonchev–Trinajstić information content (AvgIpc) is 3.11. The van der Waals surface area contributed by atoms with Crippen LogP contribution in [0.5, 0.6) is 0 Å². The lowest BCUT2D eigenvalue weighted by Crippen LogP contribution is -2.12. The third kappa shape index (κ3) is 3.99. The van der Waals surface area contributed by atoms with Gasteiger partial charge in [0.15, 0.2) is 5.58 Å². The van der Waals surface area contributed by atoms with E-state index in [1.807, 2.05) is 30.3 Å². The summed E-state index contributed by atoms with van der Waals surface area (Å²) < 4.78 is 4.26. The highest BCUT2D eigenvalue weighted by atomic mass is 35.6. The second-order valence-corrected chi connectivity index (χ2v) is 8.38. The van der Waals surface area contributed by atoms with Crippen molar-refractivity contribution < 1.29 is 9.21 Å². The molecule has 0 bridgehead atoms. The number of halogens is 3. The van der Waals surface area contributed by atoms with Gasteiger partial charge < -0.3 is 9.73 Å². The Balaban J connectivity index is 1.55. The van der Waals surface area contributed by atoms with Crippen LogP contribution in [0.25, 0.3) is 22.6 Å². The minimum Gasteiger partial charge on any atom is -0.436 e. The van der Waals surface area contributed by atoms with E-state index in [0.29, 0.717) is 33.8 Å². The van der Waals surface area contributed by atoms with E-state index >= 15 is 0 Å². The zero-order chi connectivity index (χ0) is 19.7. The van der Waals surface area contributed by atoms with Crippen molar-refractivity contribution in [1.82, 2.24) is 4.98 Å². The van der Waals surface area contributed by atoms with Gasteiger partial charge in [-0.1, -0.05) is 65.1 Å². The fraction of sp³-hybridized carbons (Fsp3) is 0.0476. The summed E-state index contributed by atoms with van der Waals surface area (Å²) in [5.41, 5.74) is 3.73. The standard InChI is InChI=1S/C21H13Cl3N2O2/c22-21(23,24)15-8-6-13(7-9-15)19(27)25-16-10-11-18-17(12-16)26-20(28-18)14-4-2-1-3-5-14/h1-12H,(H,25,27). The lowest BCUT2D eigenvalue weighted by atomic mass is 10.1. The van der Waals surface area contributed by atoms with Crippen molar-refractivity contribution in [1.29, 1.82) is 0 Å². The fourth-order valence-electron chi connectivity index (χ4n) is 2.72. The number of carbonyl (C=O) groups excluding carboxylic acids is 1. The highest BCUT2D eigenvalue weighted by Gasteiger charge is 2.22. The molecule has 1 amide bonds. The number of oxazole rings is 1. The third-order valence-electron chi connectivity index (χ3n) is 4.14. The van der Waals surface area contributed by atoms with Crippen LogP contribution in [0.1, 0.15) is 15.9 Å². The first kappa shape index (κ1) is 18.8. The van der Waals surface area contributed by atoms with Crippen LogP contribution in [-0.4, -0.2) is 10.9 Å². The molecule has 0 aliphatic heterocycles. The Hall–Kier alpha value is -2.53. The lowest BCUT2D eigenvalue weighted by Gasteiger charge is -2.11. The Bertz CT molecular complexity index is 1130. The Morgan fingerprint density at radius 1 is 0.929 bits per heavy atom. The van der Waals surface area contributed by atoms with Crippen molar-refractivity contribution in [3.63, 3.8) is 0 Å². The quantitative estimate of drug-likeness (QED) is 0.373. The molecule has 4 rings (SSSR count). The predicted molar refractivity (Wildman–Crippen MR) is 113 cm³/mol. The maximum absolute atomic E-state index is 12.5. The summed E-state index contributed by atoms with van der Waals surface area (Å²) in [5.74, 6) is 0.253. The Morgan fingerprint density at radius 3 is 2.32 bits per heavy atom. The molecule has 0 saturated heterocycles. The number of benzene rings is 3. The average molecular weight is 432 g/mol. The van der Waals surface area contributed by atoms with Crippen LogP contribution in [-0.2, 0) is 3.79 Å². The van der Waals surface area contributed by atoms with E-state index in [1.54, 1.807) is 42.5 Å². The molecule has 0 radical (unpaired) electrons. The summed E-state index contributed by atoms with van der Waals surface area (Å²) in [5, 5.41) is 2.84. The monoisotopic (exact) mass is 430 g/mol. The van der Waals surface area contributed by atoms with Crippen LogP contribution in [0.3, 0.4) is 0 Å². The van der Waals surface area contributed by atoms with Gasteiger partial charge in [0.05, 0.1) is 0 Å². The first-order valence-corrected chi connectivity index (χ1v) is 9.48. The van der Waals surface area contributed by atoms with Crippen LogP contribution in [0, 0.1) is 0 Å². The summed E-state index contributed by atoms with van der Waals surface area (Å²) in [7, 11) is 0. The van der Waals surface area contributed by atoms with Crippen molar-refractivity contribution in [2.24, 2.45) is 0 Å². The highest BCUT2D eigenvalue weighted by molar-refractivity contribution is 6.66. The number of anilines is 1. The molecular formula is C21H13Cl3N2O2. The van der Waals surface area contributed by atoms with Crippen molar-refractivity contribution in [2.75, 3.05) is 5.32 Å². The molecule has 0 aliphatic carbocycles. The van der Waals surface area contributed by atoms with Gasteiger partial charge in [0.25, 0.3) is 5.91 Å². The molecule has 0 atom stereocenters. The second kappa shape index (κ2) is 7.47. The normalized spacial score (nSPS) is 11.5. The van der Waals surface area contributed by atoms with Gasteiger partial charge in [-0.3, -0.25) is 4.79 Å². The minimum atomic E-state index is -1.52. The van der Waals surface area contributed by atoms with Crippen LogP contribution in [0.15, 0.2) is 77.2 Å². The zero-order valence-corrected chi connectivity index (χ0v) is 16.6. The number of aromatic nitrogens is 1. The van der Waals surface area contributed by atoms with Crippen LogP contribution in [0.2, 0.25) is 0 Å². The molecule has 0 spiro atoms. The molecule has 1 N–H and O–H groups in total. The fourth-order valence-corrected chi connectivity index (χ4v) is 3.10. The molecular weight excluding hydrogens is 419 g/mol. The summed E-state index contributed by atoms with van der Waals surface area (Å²) in [6.07, 6.45) is 0. The molecule has 0 saturated carbocycles. The number of hydrogen-bond donors (Lipinski definition) is 1. The third-order valence-corrected chi connectivity index (χ3v) is 4.80. The van der Waals surface area contributed by atoms with E-state index in [-0.39, 0.29) is 5.91 Å². The molecule has 3 aromatic carbocycles. The maximum atomic E-state index is 12.5. The molecule has 140 valence electrons. The van der Waals surface area contributed by atoms with E-state index in [1.165, 1.54) is 0 Å². The minimum absolute atomic E-state index is 0.276. The molecule has 4 nitrogen and oxygen atoms in total. The number of alkyl halides is 3. The molecule has 0 fully saturated rings. The number of amides is 1. The molecule has 4 aromatic rings. The van der Waals surface area contributed by atoms with Gasteiger partial charge in [-0.2, -0.15) is 0 Å². The predicted octanol–water partition coefficient (Wildman–Crippen LogP) is 6.57. The summed E-state index contributed by atoms with van der Waals surface area (Å²) in [6, 6.07) is 21.3. The number of nitrogens with one attached hydrogen (secondary N) is 1. The molecule has 0 aliphatic rings. The van der Waals surface area contributed by atoms with E-state index < -0.39 is 3.79 Å². The van der Waals surface area contributed by atoms with Gasteiger partial charge in [0.1, 0.15) is 5.52 Å². The van der Waals surface area contributed by atoms with Crippen LogP contribution < -0.4 is 5.32 Å². The van der Waals surface area contributed by atoms with E-state index in [9.17, 15) is 4.79 Å². The lowest BCUT2D eigenvalue weighted by molar-refractivity contribution is 0.102. The van der Waals surface area contributed by atoms with E-state index in [2.05, 4.69) is 10.3 Å². The Kier molecular flexibility index (Phi) is 5.02. The molecule has 0 unspecified atom stereocenters. The van der Waals surface area contributed by atoms with Crippen LogP contribution in [0.4, 0.5) is 5.69 Å². The SMILES string of the molecule is O=C(Nc1ccc2oc(-c3ccccc3)nc2c1)c1ccc(C(Cl)(Cl)Cl)cc1. The van der Waals surface area contributed by atoms with Crippen LogP contribution >= 0.6 is 34.8 Å². The van der Waals surface area contributed by atoms with Crippen molar-refractivity contribution >= 4 is 57.5 Å². The largest absolute Gasteiger partial charge is 0.436 e.